The van der Waals surface area contributed by atoms with Crippen molar-refractivity contribution < 1.29 is 9.66 Å². The lowest BCUT2D eigenvalue weighted by Crippen LogP contribution is -2.33. The molecule has 0 spiro atoms. The number of thioether (sulfide) groups is 1. The molecule has 1 atom stereocenters. The molecule has 0 aromatic carbocycles. The molecule has 0 amide bonds. The molecule has 0 bridgehead atoms. The molecule has 0 fully saturated rings. The van der Waals surface area contributed by atoms with Crippen molar-refractivity contribution in [2.24, 2.45) is 4.99 Å². The highest BCUT2D eigenvalue weighted by molar-refractivity contribution is 7.99. The fraction of sp³-hybridized carbons (Fsp3) is 0.625. The van der Waals surface area contributed by atoms with Gasteiger partial charge in [0.25, 0.3) is 5.90 Å². The molecule has 8 heteroatoms. The summed E-state index contributed by atoms with van der Waals surface area (Å²) in [6, 6.07) is 0. The lowest BCUT2D eigenvalue weighted by molar-refractivity contribution is -0.417. The summed E-state index contributed by atoms with van der Waals surface area (Å²) in [7, 11) is 1.33. The van der Waals surface area contributed by atoms with Gasteiger partial charge in [0.05, 0.1) is 12.0 Å². The van der Waals surface area contributed by atoms with Gasteiger partial charge in [-0.05, 0) is 12.2 Å². The molecule has 0 aromatic heterocycles. The van der Waals surface area contributed by atoms with Crippen molar-refractivity contribution in [1.82, 2.24) is 5.32 Å². The van der Waals surface area contributed by atoms with Crippen molar-refractivity contribution in [3.8, 4) is 0 Å². The number of rotatable bonds is 4. The summed E-state index contributed by atoms with van der Waals surface area (Å²) in [5.74, 6) is 0.846. The fourth-order valence-corrected chi connectivity index (χ4v) is 2.23. The van der Waals surface area contributed by atoms with E-state index in [1.165, 1.54) is 18.9 Å². The first-order valence-corrected chi connectivity index (χ1v) is 6.07. The van der Waals surface area contributed by atoms with E-state index < -0.39 is 4.92 Å². The van der Waals surface area contributed by atoms with Gasteiger partial charge in [0.2, 0.25) is 0 Å². The maximum Gasteiger partial charge on any atom is 0.365 e. The number of halogens is 1. The summed E-state index contributed by atoms with van der Waals surface area (Å²) in [4.78, 5) is 14.2. The maximum absolute atomic E-state index is 10.7. The Morgan fingerprint density at radius 3 is 2.94 bits per heavy atom. The van der Waals surface area contributed by atoms with E-state index in [2.05, 4.69) is 10.3 Å². The lowest BCUT2D eigenvalue weighted by atomic mass is 10.4. The Balaban J connectivity index is 2.84. The Hall–Kier alpha value is -0.950. The first-order valence-electron chi connectivity index (χ1n) is 4.64. The van der Waals surface area contributed by atoms with Crippen molar-refractivity contribution in [3.63, 3.8) is 0 Å². The van der Waals surface area contributed by atoms with Crippen LogP contribution in [0.5, 0.6) is 0 Å². The first-order chi connectivity index (χ1) is 7.60. The molecule has 1 N–H and O–H groups in total. The molecule has 16 heavy (non-hydrogen) atoms. The summed E-state index contributed by atoms with van der Waals surface area (Å²) in [5, 5.41) is 13.4. The average molecular weight is 266 g/mol. The van der Waals surface area contributed by atoms with E-state index in [4.69, 9.17) is 16.3 Å². The lowest BCUT2D eigenvalue weighted by Gasteiger charge is -2.19. The van der Waals surface area contributed by atoms with Crippen LogP contribution >= 0.6 is 23.4 Å². The third-order valence-corrected chi connectivity index (χ3v) is 3.22. The normalized spacial score (nSPS) is 20.2. The summed E-state index contributed by atoms with van der Waals surface area (Å²) in [5.41, 5.74) is -0.649. The van der Waals surface area contributed by atoms with Crippen LogP contribution in [0.15, 0.2) is 15.8 Å². The predicted octanol–water partition coefficient (Wildman–Crippen LogP) is 1.75. The van der Waals surface area contributed by atoms with Crippen molar-refractivity contribution in [1.29, 1.82) is 0 Å². The monoisotopic (exact) mass is 265 g/mol. The van der Waals surface area contributed by atoms with E-state index in [0.29, 0.717) is 0 Å². The minimum Gasteiger partial charge on any atom is -0.476 e. The number of nitro groups is 1. The zero-order valence-electron chi connectivity index (χ0n) is 8.90. The molecule has 90 valence electrons. The van der Waals surface area contributed by atoms with Crippen molar-refractivity contribution in [2.45, 2.75) is 18.8 Å². The Labute approximate surface area is 102 Å². The molecule has 1 unspecified atom stereocenters. The SMILES string of the molecule is CCCSC1N=C(OC)C([N+](=O)[O-])=C(Cl)N1. The summed E-state index contributed by atoms with van der Waals surface area (Å²) < 4.78 is 4.86. The molecule has 0 aliphatic carbocycles. The van der Waals surface area contributed by atoms with Crippen LogP contribution in [-0.2, 0) is 4.74 Å². The zero-order valence-corrected chi connectivity index (χ0v) is 10.5. The molecule has 1 heterocycles. The summed E-state index contributed by atoms with van der Waals surface area (Å²) >= 11 is 7.29. The quantitative estimate of drug-likeness (QED) is 0.476. The molecular formula is C8H12ClN3O3S. The number of ether oxygens (including phenoxy) is 1. The Kier molecular flexibility index (Phi) is 4.88. The van der Waals surface area contributed by atoms with Gasteiger partial charge in [-0.2, -0.15) is 0 Å². The van der Waals surface area contributed by atoms with Crippen LogP contribution in [-0.4, -0.2) is 29.2 Å². The zero-order chi connectivity index (χ0) is 12.1. The van der Waals surface area contributed by atoms with E-state index >= 15 is 0 Å². The number of aliphatic imine (C=N–C) groups is 1. The fourth-order valence-electron chi connectivity index (χ4n) is 1.09. The molecule has 1 aliphatic rings. The third-order valence-electron chi connectivity index (χ3n) is 1.75. The second-order valence-corrected chi connectivity index (χ2v) is 4.49. The molecule has 0 saturated heterocycles. The van der Waals surface area contributed by atoms with Gasteiger partial charge in [-0.25, -0.2) is 4.99 Å². The Morgan fingerprint density at radius 2 is 2.44 bits per heavy atom. The largest absolute Gasteiger partial charge is 0.476 e. The summed E-state index contributed by atoms with van der Waals surface area (Å²) in [6.07, 6.45) is 0.990. The van der Waals surface area contributed by atoms with E-state index in [1.54, 1.807) is 0 Å². The van der Waals surface area contributed by atoms with Gasteiger partial charge in [0.1, 0.15) is 0 Å². The molecule has 0 radical (unpaired) electrons. The van der Waals surface area contributed by atoms with Crippen LogP contribution < -0.4 is 5.32 Å². The van der Waals surface area contributed by atoms with Crippen LogP contribution in [0.3, 0.4) is 0 Å². The van der Waals surface area contributed by atoms with Crippen molar-refractivity contribution in [3.05, 3.63) is 21.0 Å². The first kappa shape index (κ1) is 13.1. The van der Waals surface area contributed by atoms with E-state index in [0.717, 1.165) is 12.2 Å². The highest BCUT2D eigenvalue weighted by Crippen LogP contribution is 2.22. The molecule has 1 rings (SSSR count). The van der Waals surface area contributed by atoms with Crippen LogP contribution in [0.1, 0.15) is 13.3 Å². The third kappa shape index (κ3) is 3.02. The Morgan fingerprint density at radius 1 is 1.75 bits per heavy atom. The van der Waals surface area contributed by atoms with E-state index in [9.17, 15) is 10.1 Å². The van der Waals surface area contributed by atoms with Gasteiger partial charge in [-0.3, -0.25) is 10.1 Å². The number of hydrogen-bond donors (Lipinski definition) is 1. The van der Waals surface area contributed by atoms with Crippen LogP contribution in [0.4, 0.5) is 0 Å². The minimum absolute atomic E-state index is 0.0366. The van der Waals surface area contributed by atoms with Crippen LogP contribution in [0.2, 0.25) is 0 Å². The van der Waals surface area contributed by atoms with E-state index in [1.807, 2.05) is 6.92 Å². The van der Waals surface area contributed by atoms with Crippen LogP contribution in [0.25, 0.3) is 0 Å². The molecule has 0 aromatic rings. The minimum atomic E-state index is -0.613. The van der Waals surface area contributed by atoms with Crippen molar-refractivity contribution in [2.75, 3.05) is 12.9 Å². The van der Waals surface area contributed by atoms with Gasteiger partial charge < -0.3 is 10.1 Å². The topological polar surface area (TPSA) is 76.8 Å². The van der Waals surface area contributed by atoms with Crippen molar-refractivity contribution >= 4 is 29.3 Å². The van der Waals surface area contributed by atoms with Gasteiger partial charge in [0.15, 0.2) is 10.7 Å². The second-order valence-electron chi connectivity index (χ2n) is 2.93. The molecule has 0 saturated carbocycles. The van der Waals surface area contributed by atoms with Gasteiger partial charge in [-0.15, -0.1) is 11.8 Å². The highest BCUT2D eigenvalue weighted by Gasteiger charge is 2.32. The average Bonchev–Trinajstić information content (AvgIpc) is 2.24. The molecule has 6 nitrogen and oxygen atoms in total. The number of hydrogen-bond acceptors (Lipinski definition) is 6. The smallest absolute Gasteiger partial charge is 0.365 e. The molecule has 1 aliphatic heterocycles. The maximum atomic E-state index is 10.7. The van der Waals surface area contributed by atoms with Gasteiger partial charge in [-0.1, -0.05) is 18.5 Å². The Bertz CT molecular complexity index is 345. The second kappa shape index (κ2) is 5.95. The summed E-state index contributed by atoms with van der Waals surface area (Å²) in [6.45, 7) is 2.04. The van der Waals surface area contributed by atoms with Gasteiger partial charge in [0, 0.05) is 0 Å². The highest BCUT2D eigenvalue weighted by atomic mass is 35.5. The van der Waals surface area contributed by atoms with Gasteiger partial charge >= 0.3 is 5.70 Å². The standard InChI is InChI=1S/C8H12ClN3O3S/c1-3-4-16-8-10-6(9)5(12(13)14)7(11-8)15-2/h8,10H,3-4H2,1-2H3. The number of methoxy groups -OCH3 is 1. The number of nitrogens with zero attached hydrogens (tertiary/aromatic N) is 2. The molecular weight excluding hydrogens is 254 g/mol. The predicted molar refractivity (Wildman–Crippen MR) is 64.0 cm³/mol. The van der Waals surface area contributed by atoms with Crippen LogP contribution in [0, 0.1) is 10.1 Å². The van der Waals surface area contributed by atoms with E-state index in [-0.39, 0.29) is 22.2 Å². The number of nitrogens with one attached hydrogen (secondary N) is 1.